The molecule has 2 aromatic heterocycles. The minimum Gasteiger partial charge on any atom is -0.457 e. The lowest BCUT2D eigenvalue weighted by Gasteiger charge is -2.11. The zero-order valence-electron chi connectivity index (χ0n) is 20.4. The van der Waals surface area contributed by atoms with Gasteiger partial charge in [0.1, 0.15) is 11.5 Å². The molecule has 3 aromatic carbocycles. The number of nitro benzene ring substituents is 2. The van der Waals surface area contributed by atoms with Crippen LogP contribution < -0.4 is 10.1 Å². The fourth-order valence-electron chi connectivity index (χ4n) is 3.82. The molecule has 2 heterocycles. The smallest absolute Gasteiger partial charge is 0.433 e. The molecule has 5 aromatic rings. The zero-order chi connectivity index (χ0) is 29.3. The van der Waals surface area contributed by atoms with E-state index in [0.29, 0.717) is 10.1 Å². The molecule has 1 N–H and O–H groups in total. The summed E-state index contributed by atoms with van der Waals surface area (Å²) in [5, 5.41) is 28.5. The van der Waals surface area contributed by atoms with Crippen molar-refractivity contribution in [1.82, 2.24) is 14.6 Å². The molecule has 0 unspecified atom stereocenters. The van der Waals surface area contributed by atoms with Crippen LogP contribution in [0.2, 0.25) is 0 Å². The SMILES string of the molecule is O=C(Nc1ccc(Oc2cc([N+](=O)[O-])cc([N+](=O)[O-])c2)cc1)c1cc2nc(-c3ccccc3)cc(C(F)(F)F)n2n1. The number of nitro groups is 2. The predicted molar refractivity (Wildman–Crippen MR) is 138 cm³/mol. The molecule has 0 saturated carbocycles. The number of nitrogens with zero attached hydrogens (tertiary/aromatic N) is 5. The second-order valence-electron chi connectivity index (χ2n) is 8.47. The molecule has 41 heavy (non-hydrogen) atoms. The Morgan fingerprint density at radius 2 is 1.49 bits per heavy atom. The minimum absolute atomic E-state index is 0.0574. The number of benzene rings is 3. The Morgan fingerprint density at radius 1 is 0.854 bits per heavy atom. The van der Waals surface area contributed by atoms with Crippen molar-refractivity contribution < 1.29 is 32.5 Å². The molecule has 0 radical (unpaired) electrons. The zero-order valence-corrected chi connectivity index (χ0v) is 20.4. The van der Waals surface area contributed by atoms with Gasteiger partial charge in [-0.15, -0.1) is 0 Å². The predicted octanol–water partition coefficient (Wildman–Crippen LogP) is 6.28. The molecule has 5 rings (SSSR count). The lowest BCUT2D eigenvalue weighted by atomic mass is 10.1. The third-order valence-electron chi connectivity index (χ3n) is 5.67. The average Bonchev–Trinajstić information content (AvgIpc) is 3.38. The highest BCUT2D eigenvalue weighted by Gasteiger charge is 2.35. The van der Waals surface area contributed by atoms with Gasteiger partial charge < -0.3 is 10.1 Å². The molecule has 0 aliphatic rings. The van der Waals surface area contributed by atoms with E-state index in [9.17, 15) is 38.2 Å². The summed E-state index contributed by atoms with van der Waals surface area (Å²) in [5.41, 5.74) is -1.95. The van der Waals surface area contributed by atoms with Crippen LogP contribution in [0.3, 0.4) is 0 Å². The number of non-ortho nitro benzene ring substituents is 2. The van der Waals surface area contributed by atoms with E-state index in [2.05, 4.69) is 15.4 Å². The third-order valence-corrected chi connectivity index (χ3v) is 5.67. The monoisotopic (exact) mass is 564 g/mol. The van der Waals surface area contributed by atoms with Crippen LogP contribution in [0.15, 0.2) is 84.9 Å². The highest BCUT2D eigenvalue weighted by atomic mass is 19.4. The topological polar surface area (TPSA) is 155 Å². The van der Waals surface area contributed by atoms with Gasteiger partial charge in [-0.1, -0.05) is 30.3 Å². The molecule has 1 amide bonds. The number of hydrogen-bond acceptors (Lipinski definition) is 8. The standard InChI is InChI=1S/C26H15F3N6O6/c27-26(28,29)23-13-21(15-4-2-1-3-5-15)31-24-14-22(32-33(23)24)25(36)30-16-6-8-19(9-7-16)41-20-11-17(34(37)38)10-18(12-20)35(39)40/h1-14H,(H,30,36). The van der Waals surface area contributed by atoms with Crippen molar-refractivity contribution in [3.63, 3.8) is 0 Å². The van der Waals surface area contributed by atoms with Crippen molar-refractivity contribution in [1.29, 1.82) is 0 Å². The van der Waals surface area contributed by atoms with E-state index in [1.54, 1.807) is 30.3 Å². The maximum absolute atomic E-state index is 13.8. The van der Waals surface area contributed by atoms with Crippen LogP contribution >= 0.6 is 0 Å². The van der Waals surface area contributed by atoms with Crippen LogP contribution in [0.5, 0.6) is 11.5 Å². The Balaban J connectivity index is 1.37. The van der Waals surface area contributed by atoms with E-state index >= 15 is 0 Å². The van der Waals surface area contributed by atoms with Crippen LogP contribution in [0.25, 0.3) is 16.9 Å². The van der Waals surface area contributed by atoms with Gasteiger partial charge in [-0.2, -0.15) is 18.3 Å². The number of amides is 1. The summed E-state index contributed by atoms with van der Waals surface area (Å²) in [6.07, 6.45) is -4.78. The number of halogens is 3. The van der Waals surface area contributed by atoms with E-state index in [1.807, 2.05) is 0 Å². The van der Waals surface area contributed by atoms with Crippen molar-refractivity contribution in [3.05, 3.63) is 117 Å². The second kappa shape index (κ2) is 10.4. The molecule has 0 atom stereocenters. The number of anilines is 1. The van der Waals surface area contributed by atoms with E-state index in [1.165, 1.54) is 24.3 Å². The molecular weight excluding hydrogens is 549 g/mol. The minimum atomic E-state index is -4.78. The van der Waals surface area contributed by atoms with E-state index < -0.39 is 39.0 Å². The largest absolute Gasteiger partial charge is 0.457 e. The van der Waals surface area contributed by atoms with Gasteiger partial charge >= 0.3 is 6.18 Å². The van der Waals surface area contributed by atoms with Gasteiger partial charge in [0.2, 0.25) is 0 Å². The number of aromatic nitrogens is 3. The first-order valence-corrected chi connectivity index (χ1v) is 11.5. The summed E-state index contributed by atoms with van der Waals surface area (Å²) >= 11 is 0. The van der Waals surface area contributed by atoms with Crippen molar-refractivity contribution >= 4 is 28.6 Å². The molecule has 15 heteroatoms. The first-order chi connectivity index (χ1) is 19.5. The maximum Gasteiger partial charge on any atom is 0.433 e. The average molecular weight is 564 g/mol. The van der Waals surface area contributed by atoms with Gasteiger partial charge in [0.05, 0.1) is 33.7 Å². The molecule has 0 fully saturated rings. The lowest BCUT2D eigenvalue weighted by Crippen LogP contribution is -2.15. The van der Waals surface area contributed by atoms with Gasteiger partial charge in [0.15, 0.2) is 17.0 Å². The summed E-state index contributed by atoms with van der Waals surface area (Å²) in [7, 11) is 0. The Hall–Kier alpha value is -5.86. The number of rotatable bonds is 7. The highest BCUT2D eigenvalue weighted by molar-refractivity contribution is 6.03. The summed E-state index contributed by atoms with van der Waals surface area (Å²) in [6.45, 7) is 0. The van der Waals surface area contributed by atoms with E-state index in [0.717, 1.165) is 30.3 Å². The number of alkyl halides is 3. The third kappa shape index (κ3) is 5.78. The van der Waals surface area contributed by atoms with Gasteiger partial charge in [-0.05, 0) is 30.3 Å². The molecule has 12 nitrogen and oxygen atoms in total. The van der Waals surface area contributed by atoms with Gasteiger partial charge in [-0.25, -0.2) is 9.50 Å². The highest BCUT2D eigenvalue weighted by Crippen LogP contribution is 2.33. The Bertz CT molecular complexity index is 1770. The van der Waals surface area contributed by atoms with Gasteiger partial charge in [-0.3, -0.25) is 25.0 Å². The Kier molecular flexibility index (Phi) is 6.76. The number of nitrogens with one attached hydrogen (secondary N) is 1. The molecule has 206 valence electrons. The van der Waals surface area contributed by atoms with Crippen molar-refractivity contribution in [2.24, 2.45) is 0 Å². The van der Waals surface area contributed by atoms with Crippen molar-refractivity contribution in [2.75, 3.05) is 5.32 Å². The van der Waals surface area contributed by atoms with Crippen LogP contribution in [0.1, 0.15) is 16.2 Å². The van der Waals surface area contributed by atoms with Crippen LogP contribution in [0, 0.1) is 20.2 Å². The summed E-state index contributed by atoms with van der Waals surface area (Å²) in [5.74, 6) is -0.832. The molecule has 0 aliphatic carbocycles. The number of hydrogen-bond donors (Lipinski definition) is 1. The van der Waals surface area contributed by atoms with Crippen LogP contribution in [-0.2, 0) is 6.18 Å². The first kappa shape index (κ1) is 26.7. The molecule has 0 aliphatic heterocycles. The van der Waals surface area contributed by atoms with Crippen LogP contribution in [0.4, 0.5) is 30.2 Å². The maximum atomic E-state index is 13.8. The lowest BCUT2D eigenvalue weighted by molar-refractivity contribution is -0.394. The summed E-state index contributed by atoms with van der Waals surface area (Å²) in [6, 6.07) is 18.6. The first-order valence-electron chi connectivity index (χ1n) is 11.5. The van der Waals surface area contributed by atoms with Gasteiger partial charge in [0.25, 0.3) is 17.3 Å². The molecule has 0 spiro atoms. The number of ether oxygens (including phenoxy) is 1. The Morgan fingerprint density at radius 3 is 2.07 bits per heavy atom. The molecule has 0 bridgehead atoms. The van der Waals surface area contributed by atoms with E-state index in [4.69, 9.17) is 4.74 Å². The fraction of sp³-hybridized carbons (Fsp3) is 0.0385. The summed E-state index contributed by atoms with van der Waals surface area (Å²) < 4.78 is 47.5. The number of fused-ring (bicyclic) bond motifs is 1. The molecule has 0 saturated heterocycles. The van der Waals surface area contributed by atoms with Crippen molar-refractivity contribution in [3.8, 4) is 22.8 Å². The quantitative estimate of drug-likeness (QED) is 0.179. The fourth-order valence-corrected chi connectivity index (χ4v) is 3.82. The van der Waals surface area contributed by atoms with E-state index in [-0.39, 0.29) is 34.2 Å². The normalized spacial score (nSPS) is 11.3. The van der Waals surface area contributed by atoms with Crippen molar-refractivity contribution in [2.45, 2.75) is 6.18 Å². The van der Waals surface area contributed by atoms with Gasteiger partial charge in [0, 0.05) is 17.3 Å². The summed E-state index contributed by atoms with van der Waals surface area (Å²) in [4.78, 5) is 37.6. The Labute approximate surface area is 226 Å². The number of carbonyl (C=O) groups is 1. The number of carbonyl (C=O) groups excluding carboxylic acids is 1. The molecular formula is C26H15F3N6O6. The van der Waals surface area contributed by atoms with Crippen LogP contribution in [-0.4, -0.2) is 30.4 Å². The second-order valence-corrected chi connectivity index (χ2v) is 8.47.